The van der Waals surface area contributed by atoms with Gasteiger partial charge in [0.2, 0.25) is 0 Å². The minimum Gasteiger partial charge on any atom is -0.379 e. The highest BCUT2D eigenvalue weighted by molar-refractivity contribution is 6.03. The molecule has 3 aromatic rings. The van der Waals surface area contributed by atoms with E-state index in [-0.39, 0.29) is 36.8 Å². The van der Waals surface area contributed by atoms with Crippen LogP contribution in [0.5, 0.6) is 0 Å². The second-order valence-electron chi connectivity index (χ2n) is 7.79. The Kier molecular flexibility index (Phi) is 5.89. The van der Waals surface area contributed by atoms with Gasteiger partial charge in [-0.15, -0.1) is 10.2 Å². The molecular formula is C21H20F4N6O2. The standard InChI is InChI=1S/C21H20F4N6O2/c1-31-11-27-30-18(31)17(22)20(9-33-10-20)13-3-2-4-14(7-13)28-19(32)15-5-12(8-26)6-16(29-15)21(23,24)25/h2-7,11,17H,8-10,26H2,1H3,(H,28,32). The third kappa shape index (κ3) is 4.31. The van der Waals surface area contributed by atoms with Crippen LogP contribution in [-0.2, 0) is 29.9 Å². The number of amides is 1. The average Bonchev–Trinajstić information content (AvgIpc) is 3.18. The van der Waals surface area contributed by atoms with Gasteiger partial charge in [0.25, 0.3) is 5.91 Å². The van der Waals surface area contributed by atoms with E-state index >= 15 is 4.39 Å². The number of carbonyl (C=O) groups is 1. The lowest BCUT2D eigenvalue weighted by molar-refractivity contribution is -0.141. The van der Waals surface area contributed by atoms with Crippen molar-refractivity contribution in [2.24, 2.45) is 12.8 Å². The van der Waals surface area contributed by atoms with Gasteiger partial charge in [-0.1, -0.05) is 12.1 Å². The zero-order valence-electron chi connectivity index (χ0n) is 17.4. The van der Waals surface area contributed by atoms with E-state index in [1.807, 2.05) is 0 Å². The molecule has 1 amide bonds. The van der Waals surface area contributed by atoms with Gasteiger partial charge in [0.15, 0.2) is 12.0 Å². The Morgan fingerprint density at radius 2 is 2.06 bits per heavy atom. The number of pyridine rings is 1. The topological polar surface area (TPSA) is 108 Å². The van der Waals surface area contributed by atoms with Gasteiger partial charge < -0.3 is 20.4 Å². The number of benzene rings is 1. The van der Waals surface area contributed by atoms with Gasteiger partial charge in [-0.25, -0.2) is 9.37 Å². The number of carbonyl (C=O) groups excluding carboxylic acids is 1. The van der Waals surface area contributed by atoms with E-state index in [2.05, 4.69) is 20.5 Å². The summed E-state index contributed by atoms with van der Waals surface area (Å²) in [5, 5.41) is 10.1. The number of hydrogen-bond donors (Lipinski definition) is 2. The van der Waals surface area contributed by atoms with Crippen LogP contribution in [0.25, 0.3) is 0 Å². The Bertz CT molecular complexity index is 1180. The maximum atomic E-state index is 15.5. The second-order valence-corrected chi connectivity index (χ2v) is 7.79. The minimum atomic E-state index is -4.73. The van der Waals surface area contributed by atoms with Crippen molar-refractivity contribution >= 4 is 11.6 Å². The van der Waals surface area contributed by atoms with E-state index in [0.29, 0.717) is 5.56 Å². The van der Waals surface area contributed by atoms with E-state index in [1.165, 1.54) is 17.0 Å². The summed E-state index contributed by atoms with van der Waals surface area (Å²) in [4.78, 5) is 16.1. The molecule has 1 aliphatic rings. The number of nitrogens with two attached hydrogens (primary N) is 1. The molecule has 0 bridgehead atoms. The predicted octanol–water partition coefficient (Wildman–Crippen LogP) is 2.92. The van der Waals surface area contributed by atoms with Crippen LogP contribution in [0.2, 0.25) is 0 Å². The number of rotatable bonds is 6. The quantitative estimate of drug-likeness (QED) is 0.543. The number of aryl methyl sites for hydroxylation is 1. The molecule has 4 rings (SSSR count). The summed E-state index contributed by atoms with van der Waals surface area (Å²) in [6, 6.07) is 8.39. The summed E-state index contributed by atoms with van der Waals surface area (Å²) in [5.41, 5.74) is 3.71. The smallest absolute Gasteiger partial charge is 0.379 e. The van der Waals surface area contributed by atoms with Crippen LogP contribution in [0, 0.1) is 0 Å². The van der Waals surface area contributed by atoms with Gasteiger partial charge in [-0.2, -0.15) is 13.2 Å². The third-order valence-electron chi connectivity index (χ3n) is 5.52. The molecule has 1 fully saturated rings. The van der Waals surface area contributed by atoms with Gasteiger partial charge >= 0.3 is 6.18 Å². The van der Waals surface area contributed by atoms with Gasteiger partial charge in [-0.05, 0) is 35.4 Å². The highest BCUT2D eigenvalue weighted by Crippen LogP contribution is 2.45. The Labute approximate surface area is 185 Å². The normalized spacial score (nSPS) is 16.2. The number of halogens is 4. The molecule has 2 aromatic heterocycles. The maximum absolute atomic E-state index is 15.5. The summed E-state index contributed by atoms with van der Waals surface area (Å²) < 4.78 is 61.7. The molecule has 1 aromatic carbocycles. The highest BCUT2D eigenvalue weighted by atomic mass is 19.4. The lowest BCUT2D eigenvalue weighted by Crippen LogP contribution is -2.50. The molecule has 1 unspecified atom stereocenters. The summed E-state index contributed by atoms with van der Waals surface area (Å²) >= 11 is 0. The fourth-order valence-electron chi connectivity index (χ4n) is 3.62. The fourth-order valence-corrected chi connectivity index (χ4v) is 3.62. The molecule has 3 N–H and O–H groups in total. The number of nitrogens with one attached hydrogen (secondary N) is 1. The lowest BCUT2D eigenvalue weighted by atomic mass is 9.74. The van der Waals surface area contributed by atoms with Crippen LogP contribution in [0.4, 0.5) is 23.2 Å². The second kappa shape index (κ2) is 8.52. The number of hydrogen-bond acceptors (Lipinski definition) is 6. The predicted molar refractivity (Wildman–Crippen MR) is 109 cm³/mol. The van der Waals surface area contributed by atoms with Crippen molar-refractivity contribution in [2.75, 3.05) is 18.5 Å². The lowest BCUT2D eigenvalue weighted by Gasteiger charge is -2.43. The first-order valence-corrected chi connectivity index (χ1v) is 9.90. The van der Waals surface area contributed by atoms with Crippen molar-refractivity contribution in [1.82, 2.24) is 19.7 Å². The van der Waals surface area contributed by atoms with Gasteiger partial charge in [0.05, 0.1) is 18.6 Å². The Balaban J connectivity index is 1.61. The number of aromatic nitrogens is 4. The molecule has 0 aliphatic carbocycles. The van der Waals surface area contributed by atoms with E-state index in [9.17, 15) is 18.0 Å². The molecule has 33 heavy (non-hydrogen) atoms. The molecule has 0 spiro atoms. The monoisotopic (exact) mass is 464 g/mol. The first kappa shape index (κ1) is 22.8. The Morgan fingerprint density at radius 3 is 2.64 bits per heavy atom. The van der Waals surface area contributed by atoms with E-state index < -0.39 is 35.1 Å². The zero-order valence-corrected chi connectivity index (χ0v) is 17.4. The minimum absolute atomic E-state index is 0.0907. The summed E-state index contributed by atoms with van der Waals surface area (Å²) in [5.74, 6) is -0.716. The molecule has 0 saturated carbocycles. The zero-order chi connectivity index (χ0) is 23.8. The van der Waals surface area contributed by atoms with Crippen molar-refractivity contribution in [3.05, 3.63) is 71.1 Å². The molecule has 3 heterocycles. The fraction of sp³-hybridized carbons (Fsp3) is 0.333. The van der Waals surface area contributed by atoms with Crippen LogP contribution < -0.4 is 11.1 Å². The van der Waals surface area contributed by atoms with Gasteiger partial charge in [0, 0.05) is 19.3 Å². The maximum Gasteiger partial charge on any atom is 0.433 e. The Morgan fingerprint density at radius 1 is 1.30 bits per heavy atom. The van der Waals surface area contributed by atoms with Crippen molar-refractivity contribution < 1.29 is 27.1 Å². The Hall–Kier alpha value is -3.38. The summed E-state index contributed by atoms with van der Waals surface area (Å²) in [6.45, 7) is -0.00917. The van der Waals surface area contributed by atoms with Crippen LogP contribution >= 0.6 is 0 Å². The van der Waals surface area contributed by atoms with Crippen molar-refractivity contribution in [3.63, 3.8) is 0 Å². The molecule has 174 valence electrons. The van der Waals surface area contributed by atoms with E-state index in [4.69, 9.17) is 10.5 Å². The number of ether oxygens (including phenoxy) is 1. The van der Waals surface area contributed by atoms with Gasteiger partial charge in [0.1, 0.15) is 17.7 Å². The molecule has 0 radical (unpaired) electrons. The first-order chi connectivity index (χ1) is 15.6. The van der Waals surface area contributed by atoms with Crippen LogP contribution in [-0.4, -0.2) is 38.9 Å². The average molecular weight is 464 g/mol. The van der Waals surface area contributed by atoms with Crippen LogP contribution in [0.3, 0.4) is 0 Å². The SMILES string of the molecule is Cn1cnnc1C(F)C1(c2cccc(NC(=O)c3cc(CN)cc(C(F)(F)F)n3)c2)COC1. The molecule has 8 nitrogen and oxygen atoms in total. The van der Waals surface area contributed by atoms with Crippen molar-refractivity contribution in [2.45, 2.75) is 24.3 Å². The molecular weight excluding hydrogens is 444 g/mol. The summed E-state index contributed by atoms with van der Waals surface area (Å²) in [6.07, 6.45) is -4.86. The van der Waals surface area contributed by atoms with E-state index in [0.717, 1.165) is 6.07 Å². The molecule has 1 saturated heterocycles. The van der Waals surface area contributed by atoms with Gasteiger partial charge in [-0.3, -0.25) is 4.79 Å². The summed E-state index contributed by atoms with van der Waals surface area (Å²) in [7, 11) is 1.63. The molecule has 1 aliphatic heterocycles. The van der Waals surface area contributed by atoms with Crippen LogP contribution in [0.1, 0.15) is 39.3 Å². The molecule has 12 heteroatoms. The third-order valence-corrected chi connectivity index (χ3v) is 5.52. The highest BCUT2D eigenvalue weighted by Gasteiger charge is 2.50. The first-order valence-electron chi connectivity index (χ1n) is 9.90. The number of anilines is 1. The van der Waals surface area contributed by atoms with E-state index in [1.54, 1.807) is 31.3 Å². The number of alkyl halides is 4. The van der Waals surface area contributed by atoms with Crippen LogP contribution in [0.15, 0.2) is 42.7 Å². The molecule has 1 atom stereocenters. The van der Waals surface area contributed by atoms with Crippen molar-refractivity contribution in [3.8, 4) is 0 Å². The largest absolute Gasteiger partial charge is 0.433 e. The number of nitrogens with zero attached hydrogens (tertiary/aromatic N) is 4. The van der Waals surface area contributed by atoms with Crippen molar-refractivity contribution in [1.29, 1.82) is 0 Å².